The Hall–Kier alpha value is 0.840. The van der Waals surface area contributed by atoms with Gasteiger partial charge in [0.25, 0.3) is 0 Å². The first-order valence-corrected chi connectivity index (χ1v) is 10.8. The van der Waals surface area contributed by atoms with E-state index in [9.17, 15) is 0 Å². The fourth-order valence-corrected chi connectivity index (χ4v) is 8.24. The van der Waals surface area contributed by atoms with Crippen LogP contribution in [0.15, 0.2) is 0 Å². The number of hydrogen-bond acceptors (Lipinski definition) is 4. The summed E-state index contributed by atoms with van der Waals surface area (Å²) in [6, 6.07) is 0. The van der Waals surface area contributed by atoms with Gasteiger partial charge in [-0.05, 0) is 6.26 Å². The summed E-state index contributed by atoms with van der Waals surface area (Å²) in [6.45, 7) is 7.35. The first-order valence-electron chi connectivity index (χ1n) is 6.52. The maximum absolute atomic E-state index is 6.15. The lowest BCUT2D eigenvalue weighted by molar-refractivity contribution is 0.0580. The fraction of sp³-hybridized carbons (Fsp3) is 1.00. The third-order valence-electron chi connectivity index (χ3n) is 3.45. The average molecular weight is 310 g/mol. The highest BCUT2D eigenvalue weighted by molar-refractivity contribution is 8.12. The van der Waals surface area contributed by atoms with E-state index < -0.39 is 6.34 Å². The molecule has 106 valence electrons. The Morgan fingerprint density at radius 1 is 1.00 bits per heavy atom. The van der Waals surface area contributed by atoms with Crippen LogP contribution in [0.1, 0.15) is 0 Å². The van der Waals surface area contributed by atoms with Crippen molar-refractivity contribution in [2.45, 2.75) is 0 Å². The van der Waals surface area contributed by atoms with Crippen molar-refractivity contribution in [3.8, 4) is 0 Å². The van der Waals surface area contributed by atoms with Crippen molar-refractivity contribution in [3.63, 3.8) is 0 Å². The summed E-state index contributed by atoms with van der Waals surface area (Å²) in [7, 11) is 0. The summed E-state index contributed by atoms with van der Waals surface area (Å²) < 4.78 is 16.0. The minimum absolute atomic E-state index is 0.835. The highest BCUT2D eigenvalue weighted by atomic mass is 32.4. The topological polar surface area (TPSA) is 24.9 Å². The van der Waals surface area contributed by atoms with Gasteiger partial charge < -0.3 is 9.47 Å². The Morgan fingerprint density at radius 3 is 1.83 bits per heavy atom. The van der Waals surface area contributed by atoms with Crippen LogP contribution in [0.5, 0.6) is 0 Å². The molecule has 0 radical (unpaired) electrons. The lowest BCUT2D eigenvalue weighted by Crippen LogP contribution is -2.44. The lowest BCUT2D eigenvalue weighted by atomic mass is 10.5. The number of morpholine rings is 2. The lowest BCUT2D eigenvalue weighted by Gasteiger charge is -2.45. The second kappa shape index (κ2) is 7.58. The van der Waals surface area contributed by atoms with Gasteiger partial charge in [0.15, 0.2) is 0 Å². The molecule has 2 aliphatic rings. The third kappa shape index (κ3) is 3.69. The maximum atomic E-state index is 6.15. The van der Waals surface area contributed by atoms with Crippen molar-refractivity contribution in [3.05, 3.63) is 0 Å². The average Bonchev–Trinajstić information content (AvgIpc) is 2.46. The molecule has 0 atom stereocenters. The summed E-state index contributed by atoms with van der Waals surface area (Å²) in [5.74, 6) is 1.16. The van der Waals surface area contributed by atoms with E-state index in [0.29, 0.717) is 0 Å². The summed E-state index contributed by atoms with van der Waals surface area (Å²) in [6.07, 6.45) is 1.74. The molecule has 0 unspecified atom stereocenters. The van der Waals surface area contributed by atoms with Crippen LogP contribution in [0.3, 0.4) is 0 Å². The molecule has 2 saturated heterocycles. The monoisotopic (exact) mass is 310 g/mol. The van der Waals surface area contributed by atoms with E-state index in [-0.39, 0.29) is 0 Å². The number of thioether (sulfide) groups is 1. The van der Waals surface area contributed by atoms with E-state index in [1.54, 1.807) is 0 Å². The molecule has 2 heterocycles. The molecule has 0 spiro atoms. The van der Waals surface area contributed by atoms with E-state index >= 15 is 0 Å². The molecule has 2 rings (SSSR count). The van der Waals surface area contributed by atoms with E-state index in [2.05, 4.69) is 15.6 Å². The molecule has 0 bridgehead atoms. The Balaban J connectivity index is 2.07. The SMILES string of the molecule is CSCCP(=S)(N1CCOCC1)N1CCOCC1. The van der Waals surface area contributed by atoms with E-state index in [0.717, 1.165) is 64.5 Å². The molecular formula is C11H23N2O2PS2. The summed E-state index contributed by atoms with van der Waals surface area (Å²) in [5.41, 5.74) is 0. The number of hydrogen-bond donors (Lipinski definition) is 0. The molecule has 0 aromatic heterocycles. The predicted octanol–water partition coefficient (Wildman–Crippen LogP) is 1.32. The quantitative estimate of drug-likeness (QED) is 0.711. The van der Waals surface area contributed by atoms with Crippen LogP contribution in [-0.4, -0.2) is 80.1 Å². The van der Waals surface area contributed by atoms with Gasteiger partial charge in [0.1, 0.15) is 0 Å². The van der Waals surface area contributed by atoms with Gasteiger partial charge in [-0.25, -0.2) is 0 Å². The van der Waals surface area contributed by atoms with Crippen molar-refractivity contribution in [1.29, 1.82) is 0 Å². The van der Waals surface area contributed by atoms with Gasteiger partial charge in [0, 0.05) is 38.1 Å². The second-order valence-electron chi connectivity index (χ2n) is 4.51. The Morgan fingerprint density at radius 2 is 1.44 bits per heavy atom. The second-order valence-corrected chi connectivity index (χ2v) is 10.2. The molecule has 0 aromatic rings. The smallest absolute Gasteiger partial charge is 0.0787 e. The van der Waals surface area contributed by atoms with Crippen LogP contribution in [0, 0.1) is 0 Å². The minimum Gasteiger partial charge on any atom is -0.379 e. The van der Waals surface area contributed by atoms with E-state index in [1.807, 2.05) is 11.8 Å². The molecular weight excluding hydrogens is 287 g/mol. The molecule has 2 fully saturated rings. The normalized spacial score (nSPS) is 24.3. The molecule has 4 nitrogen and oxygen atoms in total. The van der Waals surface area contributed by atoms with Crippen LogP contribution < -0.4 is 0 Å². The number of nitrogens with zero attached hydrogens (tertiary/aromatic N) is 2. The molecule has 0 N–H and O–H groups in total. The van der Waals surface area contributed by atoms with Crippen LogP contribution in [0.25, 0.3) is 0 Å². The predicted molar refractivity (Wildman–Crippen MR) is 82.3 cm³/mol. The number of ether oxygens (including phenoxy) is 2. The van der Waals surface area contributed by atoms with Crippen molar-refractivity contribution in [1.82, 2.24) is 9.34 Å². The van der Waals surface area contributed by atoms with Gasteiger partial charge >= 0.3 is 0 Å². The Labute approximate surface area is 119 Å². The van der Waals surface area contributed by atoms with Gasteiger partial charge in [0.2, 0.25) is 0 Å². The van der Waals surface area contributed by atoms with Crippen molar-refractivity contribution in [2.24, 2.45) is 0 Å². The highest BCUT2D eigenvalue weighted by Crippen LogP contribution is 2.54. The fourth-order valence-electron chi connectivity index (χ4n) is 2.40. The number of rotatable bonds is 5. The van der Waals surface area contributed by atoms with Crippen molar-refractivity contribution >= 4 is 29.9 Å². The standard InChI is InChI=1S/C11H23N2O2PS2/c1-18-11-10-16(17,12-2-6-14-7-3-12)13-4-8-15-9-5-13/h2-11H2,1H3. The van der Waals surface area contributed by atoms with Crippen molar-refractivity contribution < 1.29 is 9.47 Å². The molecule has 0 aliphatic carbocycles. The summed E-state index contributed by atoms with van der Waals surface area (Å²) in [4.78, 5) is 0. The van der Waals surface area contributed by atoms with Crippen LogP contribution in [0.2, 0.25) is 0 Å². The van der Waals surface area contributed by atoms with Crippen LogP contribution in [-0.2, 0) is 21.3 Å². The highest BCUT2D eigenvalue weighted by Gasteiger charge is 2.33. The zero-order valence-electron chi connectivity index (χ0n) is 11.0. The Kier molecular flexibility index (Phi) is 6.41. The first kappa shape index (κ1) is 15.2. The zero-order valence-corrected chi connectivity index (χ0v) is 13.6. The van der Waals surface area contributed by atoms with Gasteiger partial charge in [-0.15, -0.1) is 0 Å². The minimum atomic E-state index is -1.57. The largest absolute Gasteiger partial charge is 0.379 e. The summed E-state index contributed by atoms with van der Waals surface area (Å²) in [5, 5.41) is 0. The molecule has 7 heteroatoms. The molecule has 0 saturated carbocycles. The molecule has 18 heavy (non-hydrogen) atoms. The van der Waals surface area contributed by atoms with Gasteiger partial charge in [-0.2, -0.15) is 11.8 Å². The van der Waals surface area contributed by atoms with Crippen LogP contribution in [0.4, 0.5) is 0 Å². The zero-order chi connectivity index (χ0) is 12.8. The first-order chi connectivity index (χ1) is 8.77. The third-order valence-corrected chi connectivity index (χ3v) is 9.67. The molecule has 0 aromatic carbocycles. The van der Waals surface area contributed by atoms with Crippen LogP contribution >= 0.6 is 18.1 Å². The van der Waals surface area contributed by atoms with E-state index in [4.69, 9.17) is 21.3 Å². The van der Waals surface area contributed by atoms with E-state index in [1.165, 1.54) is 0 Å². The molecule has 2 aliphatic heterocycles. The van der Waals surface area contributed by atoms with Crippen molar-refractivity contribution in [2.75, 3.05) is 70.8 Å². The van der Waals surface area contributed by atoms with Gasteiger partial charge in [-0.3, -0.25) is 9.34 Å². The maximum Gasteiger partial charge on any atom is 0.0787 e. The summed E-state index contributed by atoms with van der Waals surface area (Å²) >= 11 is 8.05. The van der Waals surface area contributed by atoms with Gasteiger partial charge in [0.05, 0.1) is 32.8 Å². The Bertz CT molecular complexity index is 273. The molecule has 0 amide bonds. The van der Waals surface area contributed by atoms with Gasteiger partial charge in [-0.1, -0.05) is 11.8 Å².